The van der Waals surface area contributed by atoms with Gasteiger partial charge in [-0.25, -0.2) is 0 Å². The second-order valence-corrected chi connectivity index (χ2v) is 5.11. The van der Waals surface area contributed by atoms with Crippen LogP contribution in [-0.2, 0) is 6.42 Å². The van der Waals surface area contributed by atoms with Crippen molar-refractivity contribution in [2.45, 2.75) is 44.6 Å². The van der Waals surface area contributed by atoms with E-state index in [1.165, 1.54) is 5.56 Å². The molecule has 1 aliphatic carbocycles. The van der Waals surface area contributed by atoms with Crippen molar-refractivity contribution in [1.82, 2.24) is 0 Å². The van der Waals surface area contributed by atoms with Gasteiger partial charge in [0.2, 0.25) is 0 Å². The summed E-state index contributed by atoms with van der Waals surface area (Å²) in [7, 11) is 0. The Morgan fingerprint density at radius 1 is 1.40 bits per heavy atom. The summed E-state index contributed by atoms with van der Waals surface area (Å²) in [5.74, 6) is 0.801. The normalized spacial score (nSPS) is 21.1. The van der Waals surface area contributed by atoms with Gasteiger partial charge < -0.3 is 10.8 Å². The molecule has 0 saturated heterocycles. The van der Waals surface area contributed by atoms with Crippen molar-refractivity contribution >= 4 is 0 Å². The Morgan fingerprint density at radius 2 is 2.13 bits per heavy atom. The van der Waals surface area contributed by atoms with E-state index in [2.05, 4.69) is 19.9 Å². The fourth-order valence-corrected chi connectivity index (χ4v) is 2.60. The van der Waals surface area contributed by atoms with Crippen molar-refractivity contribution in [3.05, 3.63) is 29.3 Å². The van der Waals surface area contributed by atoms with Crippen LogP contribution in [0.2, 0.25) is 0 Å². The Hall–Kier alpha value is -1.02. The number of aromatic hydroxyl groups is 1. The topological polar surface area (TPSA) is 46.2 Å². The number of benzene rings is 1. The smallest absolute Gasteiger partial charge is 0.119 e. The van der Waals surface area contributed by atoms with E-state index in [0.29, 0.717) is 11.7 Å². The number of fused-ring (bicyclic) bond motifs is 1. The highest BCUT2D eigenvalue weighted by molar-refractivity contribution is 5.43. The number of hydrogen-bond acceptors (Lipinski definition) is 2. The molecule has 3 N–H and O–H groups in total. The van der Waals surface area contributed by atoms with Crippen LogP contribution in [-0.4, -0.2) is 10.6 Å². The van der Waals surface area contributed by atoms with Crippen LogP contribution in [0.3, 0.4) is 0 Å². The molecule has 2 heteroatoms. The van der Waals surface area contributed by atoms with Crippen LogP contribution in [0.4, 0.5) is 0 Å². The van der Waals surface area contributed by atoms with E-state index in [-0.39, 0.29) is 5.54 Å². The molecule has 0 spiro atoms. The quantitative estimate of drug-likeness (QED) is 0.740. The van der Waals surface area contributed by atoms with Crippen molar-refractivity contribution in [1.29, 1.82) is 0 Å². The zero-order valence-electron chi connectivity index (χ0n) is 9.46. The van der Waals surface area contributed by atoms with Gasteiger partial charge in [-0.05, 0) is 50.3 Å². The van der Waals surface area contributed by atoms with E-state index in [1.807, 2.05) is 6.07 Å². The zero-order chi connectivity index (χ0) is 11.1. The summed E-state index contributed by atoms with van der Waals surface area (Å²) < 4.78 is 0. The Balaban J connectivity index is 2.48. The van der Waals surface area contributed by atoms with Gasteiger partial charge in [0.15, 0.2) is 0 Å². The predicted molar refractivity (Wildman–Crippen MR) is 62.1 cm³/mol. The maximum Gasteiger partial charge on any atom is 0.119 e. The Bertz CT molecular complexity index is 365. The molecule has 0 aromatic heterocycles. The minimum Gasteiger partial charge on any atom is -0.508 e. The van der Waals surface area contributed by atoms with Crippen molar-refractivity contribution in [3.63, 3.8) is 0 Å². The molecule has 82 valence electrons. The summed E-state index contributed by atoms with van der Waals surface area (Å²) in [5, 5.41) is 9.80. The van der Waals surface area contributed by atoms with E-state index in [4.69, 9.17) is 5.73 Å². The van der Waals surface area contributed by atoms with Gasteiger partial charge in [0.05, 0.1) is 0 Å². The van der Waals surface area contributed by atoms with Crippen molar-refractivity contribution in [3.8, 4) is 5.75 Å². The van der Waals surface area contributed by atoms with Crippen LogP contribution < -0.4 is 5.73 Å². The van der Waals surface area contributed by atoms with Gasteiger partial charge in [0.1, 0.15) is 5.75 Å². The first-order chi connectivity index (χ1) is 7.00. The van der Waals surface area contributed by atoms with Crippen LogP contribution in [0.1, 0.15) is 43.7 Å². The third kappa shape index (κ3) is 1.86. The molecule has 1 aliphatic rings. The number of nitrogens with two attached hydrogens (primary N) is 1. The van der Waals surface area contributed by atoms with Crippen LogP contribution in [0.25, 0.3) is 0 Å². The fourth-order valence-electron chi connectivity index (χ4n) is 2.60. The summed E-state index contributed by atoms with van der Waals surface area (Å²) in [4.78, 5) is 0. The van der Waals surface area contributed by atoms with E-state index >= 15 is 0 Å². The van der Waals surface area contributed by atoms with Gasteiger partial charge in [-0.15, -0.1) is 0 Å². The summed E-state index contributed by atoms with van der Waals surface area (Å²) >= 11 is 0. The molecule has 0 heterocycles. The summed E-state index contributed by atoms with van der Waals surface area (Å²) in [5.41, 5.74) is 8.34. The predicted octanol–water partition coefficient (Wildman–Crippen LogP) is 2.55. The third-order valence-electron chi connectivity index (χ3n) is 3.38. The summed E-state index contributed by atoms with van der Waals surface area (Å²) in [6, 6.07) is 5.79. The molecule has 15 heavy (non-hydrogen) atoms. The lowest BCUT2D eigenvalue weighted by Gasteiger charge is -2.35. The second kappa shape index (κ2) is 3.53. The SMILES string of the molecule is CC(C)(N)C1CCCc2c(O)cccc21. The highest BCUT2D eigenvalue weighted by atomic mass is 16.3. The van der Waals surface area contributed by atoms with Crippen molar-refractivity contribution in [2.24, 2.45) is 5.73 Å². The third-order valence-corrected chi connectivity index (χ3v) is 3.38. The van der Waals surface area contributed by atoms with E-state index < -0.39 is 0 Å². The maximum atomic E-state index is 9.80. The standard InChI is InChI=1S/C13H19NO/c1-13(2,14)11-7-3-6-10-9(11)5-4-8-12(10)15/h4-5,8,11,15H,3,6-7,14H2,1-2H3. The first-order valence-corrected chi connectivity index (χ1v) is 5.60. The Labute approximate surface area is 91.1 Å². The maximum absolute atomic E-state index is 9.80. The molecule has 0 radical (unpaired) electrons. The number of phenols is 1. The van der Waals surface area contributed by atoms with Gasteiger partial charge in [0.25, 0.3) is 0 Å². The van der Waals surface area contributed by atoms with Gasteiger partial charge in [-0.1, -0.05) is 12.1 Å². The molecule has 2 rings (SSSR count). The number of hydrogen-bond donors (Lipinski definition) is 2. The highest BCUT2D eigenvalue weighted by Crippen LogP contribution is 2.40. The first-order valence-electron chi connectivity index (χ1n) is 5.60. The number of phenolic OH excluding ortho intramolecular Hbond substituents is 1. The minimum atomic E-state index is -0.205. The Morgan fingerprint density at radius 3 is 2.80 bits per heavy atom. The van der Waals surface area contributed by atoms with Crippen molar-refractivity contribution < 1.29 is 5.11 Å². The van der Waals surface area contributed by atoms with E-state index in [1.54, 1.807) is 6.07 Å². The zero-order valence-corrected chi connectivity index (χ0v) is 9.46. The molecule has 1 unspecified atom stereocenters. The second-order valence-electron chi connectivity index (χ2n) is 5.11. The largest absolute Gasteiger partial charge is 0.508 e. The molecule has 1 aromatic rings. The lowest BCUT2D eigenvalue weighted by Crippen LogP contribution is -2.40. The molecule has 0 bridgehead atoms. The molecule has 1 aromatic carbocycles. The molecular weight excluding hydrogens is 186 g/mol. The minimum absolute atomic E-state index is 0.205. The molecule has 2 nitrogen and oxygen atoms in total. The average molecular weight is 205 g/mol. The molecule has 0 saturated carbocycles. The van der Waals surface area contributed by atoms with E-state index in [9.17, 15) is 5.11 Å². The summed E-state index contributed by atoms with van der Waals surface area (Å²) in [6.45, 7) is 4.13. The molecule has 0 amide bonds. The van der Waals surface area contributed by atoms with Gasteiger partial charge >= 0.3 is 0 Å². The van der Waals surface area contributed by atoms with Crippen LogP contribution in [0.15, 0.2) is 18.2 Å². The van der Waals surface area contributed by atoms with Crippen LogP contribution >= 0.6 is 0 Å². The average Bonchev–Trinajstić information content (AvgIpc) is 2.16. The summed E-state index contributed by atoms with van der Waals surface area (Å²) in [6.07, 6.45) is 3.23. The molecule has 1 atom stereocenters. The van der Waals surface area contributed by atoms with Crippen molar-refractivity contribution in [2.75, 3.05) is 0 Å². The monoisotopic (exact) mass is 205 g/mol. The lowest BCUT2D eigenvalue weighted by molar-refractivity contribution is 0.362. The lowest BCUT2D eigenvalue weighted by atomic mass is 9.73. The van der Waals surface area contributed by atoms with Crippen LogP contribution in [0, 0.1) is 0 Å². The first kappa shape index (κ1) is 10.5. The van der Waals surface area contributed by atoms with Crippen LogP contribution in [0.5, 0.6) is 5.75 Å². The fraction of sp³-hybridized carbons (Fsp3) is 0.538. The number of rotatable bonds is 1. The molecular formula is C13H19NO. The molecule has 0 aliphatic heterocycles. The van der Waals surface area contributed by atoms with Gasteiger partial charge in [0, 0.05) is 11.5 Å². The van der Waals surface area contributed by atoms with Gasteiger partial charge in [-0.3, -0.25) is 0 Å². The highest BCUT2D eigenvalue weighted by Gasteiger charge is 2.31. The van der Waals surface area contributed by atoms with Gasteiger partial charge in [-0.2, -0.15) is 0 Å². The Kier molecular flexibility index (Phi) is 2.47. The van der Waals surface area contributed by atoms with E-state index in [0.717, 1.165) is 24.8 Å². The molecule has 0 fully saturated rings.